The number of aromatic nitrogens is 1. The van der Waals surface area contributed by atoms with Crippen LogP contribution in [0.1, 0.15) is 4.88 Å². The standard InChI is InChI=1S/C13H10BrN3O3S/c14-6-1-2-8-7(5-6)9(11(19)16-8)10-12(20)17-13(21-10)15-3-4-18/h1-2,5,18,20H,3-4H2,(H,15,17). The number of thiazole rings is 1. The molecule has 8 heteroatoms. The zero-order chi connectivity index (χ0) is 15.0. The Balaban J connectivity index is 2.16. The van der Waals surface area contributed by atoms with E-state index in [4.69, 9.17) is 5.11 Å². The summed E-state index contributed by atoms with van der Waals surface area (Å²) < 4.78 is 0.825. The molecule has 1 amide bonds. The zero-order valence-corrected chi connectivity index (χ0v) is 13.0. The molecule has 2 heterocycles. The number of amides is 1. The van der Waals surface area contributed by atoms with Gasteiger partial charge in [0.15, 0.2) is 5.13 Å². The van der Waals surface area contributed by atoms with Crippen LogP contribution < -0.4 is 15.9 Å². The summed E-state index contributed by atoms with van der Waals surface area (Å²) in [5.41, 5.74) is 0.346. The minimum Gasteiger partial charge on any atom is -0.492 e. The molecule has 1 aromatic heterocycles. The maximum absolute atomic E-state index is 12.1. The van der Waals surface area contributed by atoms with Gasteiger partial charge in [0.1, 0.15) is 4.88 Å². The number of hydrogen-bond acceptors (Lipinski definition) is 6. The van der Waals surface area contributed by atoms with Crippen LogP contribution in [-0.2, 0) is 4.79 Å². The van der Waals surface area contributed by atoms with Crippen molar-refractivity contribution in [1.82, 2.24) is 4.98 Å². The van der Waals surface area contributed by atoms with Crippen LogP contribution in [0.5, 0.6) is 5.88 Å². The Bertz CT molecular complexity index is 847. The summed E-state index contributed by atoms with van der Waals surface area (Å²) in [6.07, 6.45) is 0. The van der Waals surface area contributed by atoms with Crippen LogP contribution in [0.2, 0.25) is 0 Å². The molecule has 108 valence electrons. The number of aromatic hydroxyl groups is 1. The van der Waals surface area contributed by atoms with Gasteiger partial charge in [0.2, 0.25) is 5.88 Å². The van der Waals surface area contributed by atoms with E-state index in [0.29, 0.717) is 32.7 Å². The molecule has 0 atom stereocenters. The summed E-state index contributed by atoms with van der Waals surface area (Å²) in [5, 5.41) is 23.3. The number of nitrogens with one attached hydrogen (secondary N) is 1. The number of nitrogens with zero attached hydrogens (tertiary/aromatic N) is 2. The number of anilines is 1. The van der Waals surface area contributed by atoms with E-state index in [1.54, 1.807) is 18.2 Å². The van der Waals surface area contributed by atoms with Gasteiger partial charge in [0.05, 0.1) is 17.5 Å². The SMILES string of the molecule is O=C1N=c2ccc(Br)cc2=C1c1sc(NCCO)nc1O. The van der Waals surface area contributed by atoms with Gasteiger partial charge in [0.25, 0.3) is 5.91 Å². The third-order valence-corrected chi connectivity index (χ3v) is 4.40. The first-order chi connectivity index (χ1) is 10.1. The maximum Gasteiger partial charge on any atom is 0.279 e. The average Bonchev–Trinajstić information content (AvgIpc) is 2.95. The second-order valence-corrected chi connectivity index (χ2v) is 6.19. The Kier molecular flexibility index (Phi) is 3.75. The minimum atomic E-state index is -0.393. The zero-order valence-electron chi connectivity index (χ0n) is 10.6. The Labute approximate surface area is 131 Å². The molecule has 0 spiro atoms. The third-order valence-electron chi connectivity index (χ3n) is 2.89. The monoisotopic (exact) mass is 367 g/mol. The summed E-state index contributed by atoms with van der Waals surface area (Å²) in [5.74, 6) is -0.609. The summed E-state index contributed by atoms with van der Waals surface area (Å²) in [7, 11) is 0. The maximum atomic E-state index is 12.1. The third kappa shape index (κ3) is 2.57. The van der Waals surface area contributed by atoms with Crippen LogP contribution in [0.4, 0.5) is 5.13 Å². The van der Waals surface area contributed by atoms with Crippen molar-refractivity contribution < 1.29 is 15.0 Å². The normalized spacial score (nSPS) is 13.2. The van der Waals surface area contributed by atoms with Crippen molar-refractivity contribution >= 4 is 43.9 Å². The van der Waals surface area contributed by atoms with Crippen molar-refractivity contribution in [2.24, 2.45) is 4.99 Å². The topological polar surface area (TPSA) is 94.8 Å². The molecule has 0 radical (unpaired) electrons. The van der Waals surface area contributed by atoms with Crippen molar-refractivity contribution in [3.8, 4) is 5.88 Å². The molecule has 6 nitrogen and oxygen atoms in total. The van der Waals surface area contributed by atoms with Crippen LogP contribution >= 0.6 is 27.3 Å². The van der Waals surface area contributed by atoms with Crippen molar-refractivity contribution in [3.63, 3.8) is 0 Å². The van der Waals surface area contributed by atoms with E-state index in [9.17, 15) is 9.90 Å². The number of hydrogen-bond donors (Lipinski definition) is 3. The smallest absolute Gasteiger partial charge is 0.279 e. The molecular formula is C13H10BrN3O3S. The molecule has 0 saturated heterocycles. The quantitative estimate of drug-likeness (QED) is 0.725. The van der Waals surface area contributed by atoms with Crippen LogP contribution in [0.3, 0.4) is 0 Å². The number of aliphatic hydroxyl groups is 1. The largest absolute Gasteiger partial charge is 0.492 e. The highest BCUT2D eigenvalue weighted by molar-refractivity contribution is 9.10. The lowest BCUT2D eigenvalue weighted by atomic mass is 10.1. The molecule has 0 unspecified atom stereocenters. The predicted octanol–water partition coefficient (Wildman–Crippen LogP) is 0.374. The van der Waals surface area contributed by atoms with E-state index < -0.39 is 5.91 Å². The van der Waals surface area contributed by atoms with Crippen LogP contribution in [0, 0.1) is 0 Å². The van der Waals surface area contributed by atoms with Crippen molar-refractivity contribution in [2.75, 3.05) is 18.5 Å². The minimum absolute atomic E-state index is 0.0453. The Morgan fingerprint density at radius 3 is 2.95 bits per heavy atom. The Hall–Kier alpha value is -1.77. The number of aliphatic hydroxyl groups excluding tert-OH is 1. The number of halogens is 1. The fourth-order valence-electron chi connectivity index (χ4n) is 2.02. The number of carbonyl (C=O) groups excluding carboxylic acids is 1. The van der Waals surface area contributed by atoms with Crippen molar-refractivity contribution in [2.45, 2.75) is 0 Å². The molecule has 0 saturated carbocycles. The number of fused-ring (bicyclic) bond motifs is 1. The summed E-state index contributed by atoms with van der Waals surface area (Å²) in [6, 6.07) is 5.34. The van der Waals surface area contributed by atoms with Gasteiger partial charge in [-0.25, -0.2) is 4.99 Å². The van der Waals surface area contributed by atoms with Gasteiger partial charge in [0, 0.05) is 16.2 Å². The fourth-order valence-corrected chi connectivity index (χ4v) is 3.32. The first kappa shape index (κ1) is 14.2. The van der Waals surface area contributed by atoms with E-state index in [1.165, 1.54) is 0 Å². The lowest BCUT2D eigenvalue weighted by Crippen LogP contribution is -2.22. The first-order valence-corrected chi connectivity index (χ1v) is 7.69. The van der Waals surface area contributed by atoms with Crippen LogP contribution in [0.15, 0.2) is 27.7 Å². The van der Waals surface area contributed by atoms with E-state index in [2.05, 4.69) is 31.2 Å². The molecule has 2 aromatic rings. The van der Waals surface area contributed by atoms with Gasteiger partial charge in [-0.15, -0.1) is 0 Å². The lowest BCUT2D eigenvalue weighted by molar-refractivity contribution is -0.112. The highest BCUT2D eigenvalue weighted by atomic mass is 79.9. The van der Waals surface area contributed by atoms with E-state index >= 15 is 0 Å². The Morgan fingerprint density at radius 1 is 1.38 bits per heavy atom. The molecule has 0 fully saturated rings. The molecule has 3 rings (SSSR count). The van der Waals surface area contributed by atoms with Gasteiger partial charge >= 0.3 is 0 Å². The second kappa shape index (κ2) is 5.55. The van der Waals surface area contributed by atoms with Gasteiger partial charge in [-0.1, -0.05) is 27.3 Å². The predicted molar refractivity (Wildman–Crippen MR) is 81.8 cm³/mol. The van der Waals surface area contributed by atoms with E-state index in [-0.39, 0.29) is 12.5 Å². The van der Waals surface area contributed by atoms with Crippen molar-refractivity contribution in [3.05, 3.63) is 38.1 Å². The molecule has 21 heavy (non-hydrogen) atoms. The molecular weight excluding hydrogens is 358 g/mol. The number of benzene rings is 1. The molecule has 0 bridgehead atoms. The number of carbonyl (C=O) groups is 1. The van der Waals surface area contributed by atoms with Crippen LogP contribution in [0.25, 0.3) is 5.57 Å². The Morgan fingerprint density at radius 2 is 2.19 bits per heavy atom. The molecule has 1 aromatic carbocycles. The van der Waals surface area contributed by atoms with E-state index in [1.807, 2.05) is 0 Å². The van der Waals surface area contributed by atoms with Gasteiger partial charge in [-0.05, 0) is 18.2 Å². The molecule has 1 aliphatic heterocycles. The fraction of sp³-hybridized carbons (Fsp3) is 0.154. The summed E-state index contributed by atoms with van der Waals surface area (Å²) in [4.78, 5) is 20.4. The lowest BCUT2D eigenvalue weighted by Gasteiger charge is -1.97. The van der Waals surface area contributed by atoms with Gasteiger partial charge in [-0.3, -0.25) is 4.79 Å². The van der Waals surface area contributed by atoms with Crippen molar-refractivity contribution in [1.29, 1.82) is 0 Å². The van der Waals surface area contributed by atoms with Gasteiger partial charge in [-0.2, -0.15) is 4.98 Å². The van der Waals surface area contributed by atoms with Gasteiger partial charge < -0.3 is 15.5 Å². The molecule has 1 aliphatic rings. The van der Waals surface area contributed by atoms with E-state index in [0.717, 1.165) is 15.8 Å². The summed E-state index contributed by atoms with van der Waals surface area (Å²) in [6.45, 7) is 0.276. The first-order valence-electron chi connectivity index (χ1n) is 6.08. The highest BCUT2D eigenvalue weighted by Gasteiger charge is 2.24. The average molecular weight is 368 g/mol. The second-order valence-electron chi connectivity index (χ2n) is 4.28. The van der Waals surface area contributed by atoms with Crippen LogP contribution in [-0.4, -0.2) is 34.3 Å². The molecule has 0 aliphatic carbocycles. The highest BCUT2D eigenvalue weighted by Crippen LogP contribution is 2.33. The summed E-state index contributed by atoms with van der Waals surface area (Å²) >= 11 is 4.52. The number of rotatable bonds is 4. The molecule has 3 N–H and O–H groups in total.